The number of nitrogens with one attached hydrogen (secondary N) is 1. The largest absolute Gasteiger partial charge is 0.497 e. The van der Waals surface area contributed by atoms with E-state index in [0.29, 0.717) is 22.5 Å². The highest BCUT2D eigenvalue weighted by Gasteiger charge is 2.35. The first kappa shape index (κ1) is 25.9. The van der Waals surface area contributed by atoms with Crippen molar-refractivity contribution in [3.63, 3.8) is 0 Å². The van der Waals surface area contributed by atoms with Gasteiger partial charge in [-0.3, -0.25) is 14.5 Å². The lowest BCUT2D eigenvalue weighted by atomic mass is 9.99. The highest BCUT2D eigenvalue weighted by molar-refractivity contribution is 6.02. The van der Waals surface area contributed by atoms with Crippen molar-refractivity contribution in [1.29, 1.82) is 0 Å². The molecule has 2 amide bonds. The minimum absolute atomic E-state index is 0.0861. The third-order valence-corrected chi connectivity index (χ3v) is 6.01. The number of benzene rings is 3. The first-order chi connectivity index (χ1) is 17.6. The molecule has 0 radical (unpaired) electrons. The molecule has 8 nitrogen and oxygen atoms in total. The van der Waals surface area contributed by atoms with E-state index in [1.807, 2.05) is 95.3 Å². The van der Waals surface area contributed by atoms with E-state index in [1.54, 1.807) is 22.8 Å². The number of anilines is 1. The third kappa shape index (κ3) is 5.80. The molecule has 0 aliphatic rings. The summed E-state index contributed by atoms with van der Waals surface area (Å²) >= 11 is 0. The number of carbonyl (C=O) groups excluding carboxylic acids is 2. The Labute approximate surface area is 217 Å². The van der Waals surface area contributed by atoms with Gasteiger partial charge in [0.05, 0.1) is 12.6 Å². The Balaban J connectivity index is 1.88. The van der Waals surface area contributed by atoms with Crippen LogP contribution in [-0.4, -0.2) is 39.5 Å². The average molecular weight is 500 g/mol. The summed E-state index contributed by atoms with van der Waals surface area (Å²) < 4.78 is 7.02. The van der Waals surface area contributed by atoms with Gasteiger partial charge >= 0.3 is 0 Å². The quantitative estimate of drug-likeness (QED) is 0.397. The first-order valence-corrected chi connectivity index (χ1v) is 12.2. The van der Waals surface area contributed by atoms with Crippen LogP contribution < -0.4 is 15.0 Å². The van der Waals surface area contributed by atoms with Crippen molar-refractivity contribution in [3.8, 4) is 5.75 Å². The second-order valence-corrected chi connectivity index (χ2v) is 10.2. The van der Waals surface area contributed by atoms with Gasteiger partial charge in [-0.25, -0.2) is 4.68 Å². The van der Waals surface area contributed by atoms with Gasteiger partial charge in [-0.1, -0.05) is 41.6 Å². The predicted molar refractivity (Wildman–Crippen MR) is 145 cm³/mol. The van der Waals surface area contributed by atoms with Gasteiger partial charge in [-0.2, -0.15) is 0 Å². The summed E-state index contributed by atoms with van der Waals surface area (Å²) in [4.78, 5) is 29.7. The second kappa shape index (κ2) is 10.4. The molecular weight excluding hydrogens is 466 g/mol. The van der Waals surface area contributed by atoms with Crippen molar-refractivity contribution in [2.75, 3.05) is 12.0 Å². The number of rotatable bonds is 7. The average Bonchev–Trinajstić information content (AvgIpc) is 3.25. The van der Waals surface area contributed by atoms with Gasteiger partial charge in [0.25, 0.3) is 0 Å². The fourth-order valence-electron chi connectivity index (χ4n) is 4.30. The predicted octanol–water partition coefficient (Wildman–Crippen LogP) is 4.75. The monoisotopic (exact) mass is 499 g/mol. The molecule has 0 spiro atoms. The van der Waals surface area contributed by atoms with E-state index < -0.39 is 11.6 Å². The summed E-state index contributed by atoms with van der Waals surface area (Å²) in [5, 5.41) is 11.5. The van der Waals surface area contributed by atoms with Crippen LogP contribution in [0.2, 0.25) is 0 Å². The van der Waals surface area contributed by atoms with Crippen molar-refractivity contribution in [2.45, 2.75) is 52.7 Å². The fourth-order valence-corrected chi connectivity index (χ4v) is 4.30. The molecule has 4 rings (SSSR count). The minimum atomic E-state index is -0.947. The van der Waals surface area contributed by atoms with E-state index in [9.17, 15) is 9.59 Å². The van der Waals surface area contributed by atoms with Crippen LogP contribution in [0.3, 0.4) is 0 Å². The molecular formula is C29H33N5O3. The zero-order valence-electron chi connectivity index (χ0n) is 22.1. The molecule has 0 saturated carbocycles. The maximum atomic E-state index is 14.2. The number of nitrogens with zero attached hydrogens (tertiary/aromatic N) is 4. The summed E-state index contributed by atoms with van der Waals surface area (Å²) in [5.41, 5.74) is 4.08. The van der Waals surface area contributed by atoms with Crippen molar-refractivity contribution in [2.24, 2.45) is 0 Å². The molecule has 8 heteroatoms. The lowest BCUT2D eigenvalue weighted by Gasteiger charge is -2.35. The van der Waals surface area contributed by atoms with E-state index in [0.717, 1.165) is 16.6 Å². The van der Waals surface area contributed by atoms with Crippen LogP contribution in [0, 0.1) is 13.8 Å². The Hall–Kier alpha value is -4.20. The number of para-hydroxylation sites is 1. The second-order valence-electron chi connectivity index (χ2n) is 10.2. The molecule has 37 heavy (non-hydrogen) atoms. The molecule has 1 heterocycles. The smallest absolute Gasteiger partial charge is 0.249 e. The van der Waals surface area contributed by atoms with Gasteiger partial charge in [0.1, 0.15) is 23.9 Å². The Morgan fingerprint density at radius 3 is 2.51 bits per heavy atom. The van der Waals surface area contributed by atoms with Gasteiger partial charge in [-0.05, 0) is 81.6 Å². The van der Waals surface area contributed by atoms with Crippen LogP contribution in [0.4, 0.5) is 5.69 Å². The van der Waals surface area contributed by atoms with Crippen molar-refractivity contribution in [1.82, 2.24) is 20.3 Å². The van der Waals surface area contributed by atoms with E-state index in [-0.39, 0.29) is 18.4 Å². The molecule has 4 aromatic rings. The van der Waals surface area contributed by atoms with Gasteiger partial charge in [0.15, 0.2) is 0 Å². The van der Waals surface area contributed by atoms with E-state index in [1.165, 1.54) is 0 Å². The van der Waals surface area contributed by atoms with Crippen molar-refractivity contribution in [3.05, 3.63) is 83.4 Å². The molecule has 0 fully saturated rings. The molecule has 1 N–H and O–H groups in total. The SMILES string of the molecule is COc1cccc([C@@H](C(=O)NC(C)(C)C)N(C(=O)Cn2nnc3ccccc32)c2cc(C)ccc2C)c1. The van der Waals surface area contributed by atoms with Crippen LogP contribution in [0.25, 0.3) is 11.0 Å². The van der Waals surface area contributed by atoms with Gasteiger partial charge in [-0.15, -0.1) is 5.10 Å². The summed E-state index contributed by atoms with van der Waals surface area (Å²) in [6.07, 6.45) is 0. The number of ether oxygens (including phenoxy) is 1. The third-order valence-electron chi connectivity index (χ3n) is 6.01. The highest BCUT2D eigenvalue weighted by atomic mass is 16.5. The Bertz CT molecular complexity index is 1440. The minimum Gasteiger partial charge on any atom is -0.497 e. The number of carbonyl (C=O) groups is 2. The molecule has 1 aromatic heterocycles. The Morgan fingerprint density at radius 1 is 1.03 bits per heavy atom. The number of hydrogen-bond donors (Lipinski definition) is 1. The zero-order valence-corrected chi connectivity index (χ0v) is 22.1. The molecule has 0 unspecified atom stereocenters. The number of aryl methyl sites for hydroxylation is 2. The van der Waals surface area contributed by atoms with E-state index in [4.69, 9.17) is 4.74 Å². The van der Waals surface area contributed by atoms with Gasteiger partial charge in [0.2, 0.25) is 11.8 Å². The standard InChI is InChI=1S/C29H33N5O3/c1-19-14-15-20(2)25(16-19)34(26(35)18-33-24-13-8-7-12-23(24)31-32-33)27(28(36)30-29(3,4)5)21-10-9-11-22(17-21)37-6/h7-17,27H,18H2,1-6H3,(H,30,36)/t27-/m0/s1. The van der Waals surface area contributed by atoms with Gasteiger partial charge in [0, 0.05) is 11.2 Å². The number of fused-ring (bicyclic) bond motifs is 1. The van der Waals surface area contributed by atoms with Gasteiger partial charge < -0.3 is 10.1 Å². The Morgan fingerprint density at radius 2 is 1.78 bits per heavy atom. The highest BCUT2D eigenvalue weighted by Crippen LogP contribution is 2.33. The van der Waals surface area contributed by atoms with Crippen molar-refractivity contribution < 1.29 is 14.3 Å². The van der Waals surface area contributed by atoms with Crippen LogP contribution >= 0.6 is 0 Å². The fraction of sp³-hybridized carbons (Fsp3) is 0.310. The molecule has 0 aliphatic carbocycles. The van der Waals surface area contributed by atoms with Crippen LogP contribution in [-0.2, 0) is 16.1 Å². The molecule has 0 bridgehead atoms. The van der Waals surface area contributed by atoms with Crippen LogP contribution in [0.15, 0.2) is 66.7 Å². The zero-order chi connectivity index (χ0) is 26.7. The number of methoxy groups -OCH3 is 1. The maximum absolute atomic E-state index is 14.2. The molecule has 192 valence electrons. The summed E-state index contributed by atoms with van der Waals surface area (Å²) in [5.74, 6) is 0.0152. The molecule has 1 atom stereocenters. The number of hydrogen-bond acceptors (Lipinski definition) is 5. The topological polar surface area (TPSA) is 89.4 Å². The van der Waals surface area contributed by atoms with Crippen molar-refractivity contribution >= 4 is 28.5 Å². The maximum Gasteiger partial charge on any atom is 0.249 e. The molecule has 3 aromatic carbocycles. The Kier molecular flexibility index (Phi) is 7.29. The summed E-state index contributed by atoms with van der Waals surface area (Å²) in [7, 11) is 1.58. The number of aromatic nitrogens is 3. The normalized spacial score (nSPS) is 12.3. The lowest BCUT2D eigenvalue weighted by Crippen LogP contribution is -2.50. The summed E-state index contributed by atoms with van der Waals surface area (Å²) in [6.45, 7) is 9.56. The summed E-state index contributed by atoms with van der Waals surface area (Å²) in [6, 6.07) is 19.7. The van der Waals surface area contributed by atoms with E-state index in [2.05, 4.69) is 15.6 Å². The number of amides is 2. The lowest BCUT2D eigenvalue weighted by molar-refractivity contribution is -0.128. The molecule has 0 aliphatic heterocycles. The molecule has 0 saturated heterocycles. The van der Waals surface area contributed by atoms with E-state index >= 15 is 0 Å². The van der Waals surface area contributed by atoms with Crippen LogP contribution in [0.1, 0.15) is 43.5 Å². The van der Waals surface area contributed by atoms with Crippen LogP contribution in [0.5, 0.6) is 5.75 Å². The first-order valence-electron chi connectivity index (χ1n) is 12.2.